The SMILES string of the molecule is O=C(O)Cc1ccc(NC(=O)COc2cc(C(=O)O)cc3cc(Cl)cc(Cl)c23)cn1. The van der Waals surface area contributed by atoms with Crippen LogP contribution < -0.4 is 10.1 Å². The molecule has 0 radical (unpaired) electrons. The maximum Gasteiger partial charge on any atom is 0.335 e. The van der Waals surface area contributed by atoms with Crippen molar-refractivity contribution in [2.24, 2.45) is 0 Å². The Morgan fingerprint density at radius 2 is 1.83 bits per heavy atom. The Labute approximate surface area is 180 Å². The molecule has 0 fully saturated rings. The van der Waals surface area contributed by atoms with Crippen LogP contribution >= 0.6 is 23.2 Å². The third kappa shape index (κ3) is 5.16. The number of carboxylic acids is 2. The van der Waals surface area contributed by atoms with Crippen LogP contribution in [0.25, 0.3) is 10.8 Å². The van der Waals surface area contributed by atoms with Crippen molar-refractivity contribution in [1.82, 2.24) is 4.98 Å². The maximum atomic E-state index is 12.2. The molecule has 0 bridgehead atoms. The molecule has 1 aromatic heterocycles. The van der Waals surface area contributed by atoms with Gasteiger partial charge in [-0.2, -0.15) is 0 Å². The number of pyridine rings is 1. The molecular formula is C20H14Cl2N2O6. The molecule has 3 N–H and O–H groups in total. The van der Waals surface area contributed by atoms with Gasteiger partial charge < -0.3 is 20.3 Å². The molecule has 3 aromatic rings. The lowest BCUT2D eigenvalue weighted by Crippen LogP contribution is -2.20. The number of aliphatic carboxylic acids is 1. The van der Waals surface area contributed by atoms with Gasteiger partial charge in [-0.3, -0.25) is 14.6 Å². The highest BCUT2D eigenvalue weighted by Crippen LogP contribution is 2.36. The van der Waals surface area contributed by atoms with Crippen LogP contribution in [0.3, 0.4) is 0 Å². The van der Waals surface area contributed by atoms with Crippen molar-refractivity contribution in [3.05, 3.63) is 63.9 Å². The lowest BCUT2D eigenvalue weighted by Gasteiger charge is -2.12. The van der Waals surface area contributed by atoms with Crippen molar-refractivity contribution in [3.8, 4) is 5.75 Å². The monoisotopic (exact) mass is 448 g/mol. The fourth-order valence-electron chi connectivity index (χ4n) is 2.73. The molecule has 0 unspecified atom stereocenters. The van der Waals surface area contributed by atoms with E-state index in [4.69, 9.17) is 33.0 Å². The fourth-order valence-corrected chi connectivity index (χ4v) is 3.33. The number of hydrogen-bond acceptors (Lipinski definition) is 5. The van der Waals surface area contributed by atoms with Crippen LogP contribution in [-0.4, -0.2) is 39.6 Å². The first-order valence-electron chi connectivity index (χ1n) is 8.48. The van der Waals surface area contributed by atoms with E-state index in [-0.39, 0.29) is 22.8 Å². The summed E-state index contributed by atoms with van der Waals surface area (Å²) >= 11 is 12.2. The molecular weight excluding hydrogens is 435 g/mol. The molecule has 0 saturated heterocycles. The number of aromatic nitrogens is 1. The zero-order valence-electron chi connectivity index (χ0n) is 15.2. The summed E-state index contributed by atoms with van der Waals surface area (Å²) in [6, 6.07) is 8.72. The lowest BCUT2D eigenvalue weighted by atomic mass is 10.1. The first kappa shape index (κ1) is 21.4. The summed E-state index contributed by atoms with van der Waals surface area (Å²) in [4.78, 5) is 38.2. The Hall–Kier alpha value is -3.36. The van der Waals surface area contributed by atoms with E-state index in [9.17, 15) is 19.5 Å². The molecule has 0 saturated carbocycles. The van der Waals surface area contributed by atoms with Crippen LogP contribution in [0.1, 0.15) is 16.1 Å². The Morgan fingerprint density at radius 1 is 1.07 bits per heavy atom. The number of hydrogen-bond donors (Lipinski definition) is 3. The van der Waals surface area contributed by atoms with Crippen molar-refractivity contribution in [2.75, 3.05) is 11.9 Å². The summed E-state index contributed by atoms with van der Waals surface area (Å²) in [5.74, 6) is -2.59. The van der Waals surface area contributed by atoms with E-state index in [2.05, 4.69) is 10.3 Å². The molecule has 0 spiro atoms. The van der Waals surface area contributed by atoms with Gasteiger partial charge in [0.05, 0.1) is 34.6 Å². The van der Waals surface area contributed by atoms with E-state index in [0.29, 0.717) is 27.2 Å². The highest BCUT2D eigenvalue weighted by Gasteiger charge is 2.15. The van der Waals surface area contributed by atoms with Crippen LogP contribution in [0.4, 0.5) is 5.69 Å². The van der Waals surface area contributed by atoms with Gasteiger partial charge in [-0.15, -0.1) is 0 Å². The molecule has 1 heterocycles. The number of anilines is 1. The summed E-state index contributed by atoms with van der Waals surface area (Å²) in [6.07, 6.45) is 1.10. The van der Waals surface area contributed by atoms with E-state index in [1.807, 2.05) is 0 Å². The van der Waals surface area contributed by atoms with Crippen molar-refractivity contribution in [1.29, 1.82) is 0 Å². The Balaban J connectivity index is 1.77. The van der Waals surface area contributed by atoms with Gasteiger partial charge >= 0.3 is 11.9 Å². The average molecular weight is 449 g/mol. The number of amides is 1. The third-order valence-corrected chi connectivity index (χ3v) is 4.49. The van der Waals surface area contributed by atoms with Crippen LogP contribution in [0, 0.1) is 0 Å². The molecule has 3 rings (SSSR count). The zero-order chi connectivity index (χ0) is 21.8. The number of carbonyl (C=O) groups is 3. The zero-order valence-corrected chi connectivity index (χ0v) is 16.7. The van der Waals surface area contributed by atoms with Crippen LogP contribution in [-0.2, 0) is 16.0 Å². The summed E-state index contributed by atoms with van der Waals surface area (Å²) in [7, 11) is 0. The second-order valence-corrected chi connectivity index (χ2v) is 7.05. The number of nitrogens with one attached hydrogen (secondary N) is 1. The molecule has 0 aliphatic heterocycles. The number of fused-ring (bicyclic) bond motifs is 1. The topological polar surface area (TPSA) is 126 Å². The molecule has 8 nitrogen and oxygen atoms in total. The minimum absolute atomic E-state index is 0.0468. The first-order chi connectivity index (χ1) is 14.2. The van der Waals surface area contributed by atoms with Crippen LogP contribution in [0.15, 0.2) is 42.6 Å². The van der Waals surface area contributed by atoms with Gasteiger partial charge in [0.1, 0.15) is 5.75 Å². The van der Waals surface area contributed by atoms with Gasteiger partial charge in [-0.1, -0.05) is 23.2 Å². The second kappa shape index (κ2) is 8.98. The number of nitrogens with zero attached hydrogens (tertiary/aromatic N) is 1. The van der Waals surface area contributed by atoms with Gasteiger partial charge in [0, 0.05) is 10.4 Å². The number of carbonyl (C=O) groups excluding carboxylic acids is 1. The fraction of sp³-hybridized carbons (Fsp3) is 0.100. The smallest absolute Gasteiger partial charge is 0.335 e. The van der Waals surface area contributed by atoms with Gasteiger partial charge in [0.2, 0.25) is 0 Å². The molecule has 0 aliphatic carbocycles. The van der Waals surface area contributed by atoms with E-state index in [1.165, 1.54) is 36.5 Å². The predicted molar refractivity (Wildman–Crippen MR) is 111 cm³/mol. The average Bonchev–Trinajstić information content (AvgIpc) is 2.66. The summed E-state index contributed by atoms with van der Waals surface area (Å²) in [5, 5.41) is 22.1. The van der Waals surface area contributed by atoms with Crippen molar-refractivity contribution < 1.29 is 29.3 Å². The first-order valence-corrected chi connectivity index (χ1v) is 9.24. The van der Waals surface area contributed by atoms with Crippen LogP contribution in [0.2, 0.25) is 10.0 Å². The van der Waals surface area contributed by atoms with Crippen LogP contribution in [0.5, 0.6) is 5.75 Å². The molecule has 1 amide bonds. The number of ether oxygens (including phenoxy) is 1. The lowest BCUT2D eigenvalue weighted by molar-refractivity contribution is -0.136. The minimum Gasteiger partial charge on any atom is -0.483 e. The van der Waals surface area contributed by atoms with E-state index >= 15 is 0 Å². The summed E-state index contributed by atoms with van der Waals surface area (Å²) < 4.78 is 5.54. The Morgan fingerprint density at radius 3 is 2.47 bits per heavy atom. The van der Waals surface area contributed by atoms with Crippen molar-refractivity contribution >= 4 is 57.5 Å². The molecule has 154 valence electrons. The highest BCUT2D eigenvalue weighted by atomic mass is 35.5. The van der Waals surface area contributed by atoms with Gasteiger partial charge in [-0.25, -0.2) is 4.79 Å². The molecule has 2 aromatic carbocycles. The van der Waals surface area contributed by atoms with Gasteiger partial charge in [-0.05, 0) is 41.8 Å². The molecule has 0 atom stereocenters. The van der Waals surface area contributed by atoms with Crippen molar-refractivity contribution in [3.63, 3.8) is 0 Å². The van der Waals surface area contributed by atoms with E-state index in [0.717, 1.165) is 0 Å². The van der Waals surface area contributed by atoms with Crippen molar-refractivity contribution in [2.45, 2.75) is 6.42 Å². The Bertz CT molecular complexity index is 1150. The number of rotatable bonds is 7. The van der Waals surface area contributed by atoms with E-state index in [1.54, 1.807) is 6.07 Å². The number of carboxylic acid groups (broad SMARTS) is 2. The quantitative estimate of drug-likeness (QED) is 0.500. The summed E-state index contributed by atoms with van der Waals surface area (Å²) in [5.41, 5.74) is 0.656. The number of aromatic carboxylic acids is 1. The molecule has 0 aliphatic rings. The number of halogens is 2. The molecule has 10 heteroatoms. The third-order valence-electron chi connectivity index (χ3n) is 3.98. The number of benzene rings is 2. The standard InChI is InChI=1S/C20H14Cl2N2O6/c21-12-4-10-3-11(20(28)29)5-16(19(10)15(22)6-12)30-9-17(25)24-14-2-1-13(23-8-14)7-18(26)27/h1-6,8H,7,9H2,(H,24,25)(H,26,27)(H,28,29). The largest absolute Gasteiger partial charge is 0.483 e. The normalized spacial score (nSPS) is 10.6. The van der Waals surface area contributed by atoms with Gasteiger partial charge in [0.25, 0.3) is 5.91 Å². The van der Waals surface area contributed by atoms with E-state index < -0.39 is 24.5 Å². The highest BCUT2D eigenvalue weighted by molar-refractivity contribution is 6.39. The minimum atomic E-state index is -1.17. The summed E-state index contributed by atoms with van der Waals surface area (Å²) in [6.45, 7) is -0.423. The Kier molecular flexibility index (Phi) is 6.39. The molecule has 30 heavy (non-hydrogen) atoms. The van der Waals surface area contributed by atoms with Gasteiger partial charge in [0.15, 0.2) is 6.61 Å². The second-order valence-electron chi connectivity index (χ2n) is 6.21. The predicted octanol–water partition coefficient (Wildman–Crippen LogP) is 3.88. The maximum absolute atomic E-state index is 12.2.